The third-order valence-electron chi connectivity index (χ3n) is 5.39. The van der Waals surface area contributed by atoms with Gasteiger partial charge in [-0.25, -0.2) is 4.98 Å². The second-order valence-corrected chi connectivity index (χ2v) is 8.19. The molecule has 2 N–H and O–H groups in total. The van der Waals surface area contributed by atoms with E-state index in [1.54, 1.807) is 0 Å². The standard InChI is InChI=1S/C21H22N4O3S/c1-13-4-6-14(7-5-13)15-11-29-20-18(15)21(28)24(12-23-20)10-8-17(26)25-9-2-3-16(25)19(22)27/h4-7,11-12,16H,2-3,8-10H2,1H3,(H2,22,27). The van der Waals surface area contributed by atoms with Gasteiger partial charge in [-0.15, -0.1) is 11.3 Å². The number of hydrogen-bond acceptors (Lipinski definition) is 5. The first-order valence-electron chi connectivity index (χ1n) is 9.58. The molecule has 1 unspecified atom stereocenters. The summed E-state index contributed by atoms with van der Waals surface area (Å²) in [6, 6.07) is 7.47. The van der Waals surface area contributed by atoms with Gasteiger partial charge in [0.1, 0.15) is 10.9 Å². The van der Waals surface area contributed by atoms with Gasteiger partial charge in [0.2, 0.25) is 11.8 Å². The third kappa shape index (κ3) is 3.67. The van der Waals surface area contributed by atoms with E-state index in [1.807, 2.05) is 36.6 Å². The van der Waals surface area contributed by atoms with Crippen molar-refractivity contribution in [3.05, 3.63) is 51.9 Å². The first-order chi connectivity index (χ1) is 14.0. The van der Waals surface area contributed by atoms with Crippen LogP contribution in [0.1, 0.15) is 24.8 Å². The van der Waals surface area contributed by atoms with E-state index < -0.39 is 11.9 Å². The number of primary amides is 1. The Morgan fingerprint density at radius 3 is 2.76 bits per heavy atom. The zero-order valence-corrected chi connectivity index (χ0v) is 16.9. The van der Waals surface area contributed by atoms with Gasteiger partial charge >= 0.3 is 0 Å². The van der Waals surface area contributed by atoms with Crippen LogP contribution >= 0.6 is 11.3 Å². The fourth-order valence-electron chi connectivity index (χ4n) is 3.79. The van der Waals surface area contributed by atoms with Crippen LogP contribution in [0.25, 0.3) is 21.3 Å². The Morgan fingerprint density at radius 2 is 2.03 bits per heavy atom. The highest BCUT2D eigenvalue weighted by Crippen LogP contribution is 2.30. The normalized spacial score (nSPS) is 16.4. The molecular weight excluding hydrogens is 388 g/mol. The third-order valence-corrected chi connectivity index (χ3v) is 6.28. The molecule has 29 heavy (non-hydrogen) atoms. The zero-order valence-electron chi connectivity index (χ0n) is 16.1. The van der Waals surface area contributed by atoms with Crippen molar-refractivity contribution in [2.75, 3.05) is 6.54 Å². The molecule has 0 spiro atoms. The molecule has 1 aromatic carbocycles. The monoisotopic (exact) mass is 410 g/mol. The molecule has 3 heterocycles. The van der Waals surface area contributed by atoms with Crippen LogP contribution in [0.2, 0.25) is 0 Å². The molecule has 7 nitrogen and oxygen atoms in total. The van der Waals surface area contributed by atoms with Gasteiger partial charge in [-0.05, 0) is 25.3 Å². The molecule has 1 fully saturated rings. The smallest absolute Gasteiger partial charge is 0.262 e. The van der Waals surface area contributed by atoms with E-state index in [0.717, 1.165) is 23.1 Å². The van der Waals surface area contributed by atoms with Crippen LogP contribution in [0.15, 0.2) is 40.8 Å². The fourth-order valence-corrected chi connectivity index (χ4v) is 4.70. The van der Waals surface area contributed by atoms with Gasteiger partial charge in [0.25, 0.3) is 5.56 Å². The van der Waals surface area contributed by atoms with Crippen LogP contribution in [0, 0.1) is 6.92 Å². The zero-order chi connectivity index (χ0) is 20.5. The molecule has 0 radical (unpaired) electrons. The van der Waals surface area contributed by atoms with E-state index in [9.17, 15) is 14.4 Å². The molecule has 4 rings (SSSR count). The number of likely N-dealkylation sites (tertiary alicyclic amines) is 1. The van der Waals surface area contributed by atoms with Crippen LogP contribution in [0.3, 0.4) is 0 Å². The van der Waals surface area contributed by atoms with Crippen molar-refractivity contribution in [3.63, 3.8) is 0 Å². The van der Waals surface area contributed by atoms with Crippen molar-refractivity contribution in [1.82, 2.24) is 14.5 Å². The number of carbonyl (C=O) groups is 2. The highest BCUT2D eigenvalue weighted by molar-refractivity contribution is 7.17. The van der Waals surface area contributed by atoms with Crippen LogP contribution in [-0.2, 0) is 16.1 Å². The van der Waals surface area contributed by atoms with E-state index in [0.29, 0.717) is 23.2 Å². The number of nitrogens with zero attached hydrogens (tertiary/aromatic N) is 3. The largest absolute Gasteiger partial charge is 0.368 e. The summed E-state index contributed by atoms with van der Waals surface area (Å²) in [4.78, 5) is 43.8. The maximum Gasteiger partial charge on any atom is 0.262 e. The number of thiophene rings is 1. The number of hydrogen-bond donors (Lipinski definition) is 1. The molecule has 8 heteroatoms. The second kappa shape index (κ2) is 7.79. The summed E-state index contributed by atoms with van der Waals surface area (Å²) < 4.78 is 1.47. The van der Waals surface area contributed by atoms with Crippen molar-refractivity contribution < 1.29 is 9.59 Å². The average molecular weight is 410 g/mol. The van der Waals surface area contributed by atoms with Crippen LogP contribution < -0.4 is 11.3 Å². The molecule has 2 amide bonds. The average Bonchev–Trinajstić information content (AvgIpc) is 3.35. The predicted octanol–water partition coefficient (Wildman–Crippen LogP) is 2.30. The molecule has 0 bridgehead atoms. The number of fused-ring (bicyclic) bond motifs is 1. The van der Waals surface area contributed by atoms with Crippen LogP contribution in [0.4, 0.5) is 0 Å². The van der Waals surface area contributed by atoms with E-state index in [4.69, 9.17) is 5.73 Å². The number of aromatic nitrogens is 2. The van der Waals surface area contributed by atoms with Crippen molar-refractivity contribution in [3.8, 4) is 11.1 Å². The number of aryl methyl sites for hydroxylation is 2. The lowest BCUT2D eigenvalue weighted by Crippen LogP contribution is -2.44. The molecule has 1 aliphatic heterocycles. The van der Waals surface area contributed by atoms with Gasteiger partial charge in [-0.3, -0.25) is 19.0 Å². The minimum absolute atomic E-state index is 0.126. The molecular formula is C21H22N4O3S. The quantitative estimate of drug-likeness (QED) is 0.698. The van der Waals surface area contributed by atoms with Crippen LogP contribution in [-0.4, -0.2) is 38.9 Å². The first kappa shape index (κ1) is 19.3. The summed E-state index contributed by atoms with van der Waals surface area (Å²) in [6.07, 6.45) is 2.98. The fraction of sp³-hybridized carbons (Fsp3) is 0.333. The molecule has 1 aliphatic rings. The lowest BCUT2D eigenvalue weighted by atomic mass is 10.1. The van der Waals surface area contributed by atoms with Gasteiger partial charge in [0.05, 0.1) is 11.7 Å². The molecule has 150 valence electrons. The lowest BCUT2D eigenvalue weighted by molar-refractivity contribution is -0.137. The minimum Gasteiger partial charge on any atom is -0.368 e. The first-order valence-corrected chi connectivity index (χ1v) is 10.5. The summed E-state index contributed by atoms with van der Waals surface area (Å²) in [5.74, 6) is -0.639. The second-order valence-electron chi connectivity index (χ2n) is 7.34. The Bertz CT molecular complexity index is 1130. The highest BCUT2D eigenvalue weighted by Gasteiger charge is 2.32. The summed E-state index contributed by atoms with van der Waals surface area (Å²) in [5, 5.41) is 2.52. The maximum absolute atomic E-state index is 13.1. The summed E-state index contributed by atoms with van der Waals surface area (Å²) in [6.45, 7) is 2.76. The van der Waals surface area contributed by atoms with Gasteiger partial charge < -0.3 is 10.6 Å². The molecule has 0 aliphatic carbocycles. The van der Waals surface area contributed by atoms with Gasteiger partial charge in [-0.1, -0.05) is 29.8 Å². The Hall–Kier alpha value is -3.00. The van der Waals surface area contributed by atoms with E-state index in [2.05, 4.69) is 4.98 Å². The number of nitrogens with two attached hydrogens (primary N) is 1. The van der Waals surface area contributed by atoms with Crippen molar-refractivity contribution in [2.45, 2.75) is 38.8 Å². The lowest BCUT2D eigenvalue weighted by Gasteiger charge is -2.22. The number of benzene rings is 1. The molecule has 0 saturated carbocycles. The maximum atomic E-state index is 13.1. The van der Waals surface area contributed by atoms with E-state index >= 15 is 0 Å². The summed E-state index contributed by atoms with van der Waals surface area (Å²) in [7, 11) is 0. The Balaban J connectivity index is 1.59. The minimum atomic E-state index is -0.537. The SMILES string of the molecule is Cc1ccc(-c2csc3ncn(CCC(=O)N4CCCC4C(N)=O)c(=O)c23)cc1. The number of carbonyl (C=O) groups excluding carboxylic acids is 2. The number of amides is 2. The molecule has 2 aromatic heterocycles. The van der Waals surface area contributed by atoms with E-state index in [1.165, 1.54) is 27.1 Å². The molecule has 1 atom stereocenters. The van der Waals surface area contributed by atoms with E-state index in [-0.39, 0.29) is 24.4 Å². The topological polar surface area (TPSA) is 98.3 Å². The van der Waals surface area contributed by atoms with Crippen molar-refractivity contribution >= 4 is 33.4 Å². The molecule has 1 saturated heterocycles. The van der Waals surface area contributed by atoms with Gasteiger partial charge in [0.15, 0.2) is 0 Å². The summed E-state index contributed by atoms with van der Waals surface area (Å²) >= 11 is 1.43. The number of rotatable bonds is 5. The predicted molar refractivity (Wildman–Crippen MR) is 113 cm³/mol. The Kier molecular flexibility index (Phi) is 5.19. The Labute approximate surface area is 171 Å². The highest BCUT2D eigenvalue weighted by atomic mass is 32.1. The van der Waals surface area contributed by atoms with Crippen LogP contribution in [0.5, 0.6) is 0 Å². The van der Waals surface area contributed by atoms with Gasteiger partial charge in [0, 0.05) is 30.5 Å². The Morgan fingerprint density at radius 1 is 1.28 bits per heavy atom. The van der Waals surface area contributed by atoms with Gasteiger partial charge in [-0.2, -0.15) is 0 Å². The molecule has 3 aromatic rings. The summed E-state index contributed by atoms with van der Waals surface area (Å²) in [5.41, 5.74) is 8.21. The van der Waals surface area contributed by atoms with Crippen molar-refractivity contribution in [1.29, 1.82) is 0 Å². The van der Waals surface area contributed by atoms with Crippen molar-refractivity contribution in [2.24, 2.45) is 5.73 Å².